The van der Waals surface area contributed by atoms with Gasteiger partial charge in [0.25, 0.3) is 14.7 Å². The predicted molar refractivity (Wildman–Crippen MR) is 58.2 cm³/mol. The highest BCUT2D eigenvalue weighted by Crippen LogP contribution is 2.22. The number of rotatable bonds is 3. The Morgan fingerprint density at radius 3 is 2.53 bits per heavy atom. The first-order valence-corrected chi connectivity index (χ1v) is 6.40. The van der Waals surface area contributed by atoms with Crippen molar-refractivity contribution in [3.63, 3.8) is 0 Å². The van der Waals surface area contributed by atoms with E-state index in [9.17, 15) is 23.3 Å². The first-order valence-electron chi connectivity index (χ1n) is 4.09. The summed E-state index contributed by atoms with van der Waals surface area (Å²) in [5, 5.41) is 12.0. The summed E-state index contributed by atoms with van der Waals surface area (Å²) in [6.45, 7) is 1.15. The molecule has 0 atom stereocenters. The number of hydrogen-bond donors (Lipinski definition) is 1. The Balaban J connectivity index is 3.39. The van der Waals surface area contributed by atoms with Crippen LogP contribution in [0.4, 0.5) is 11.5 Å². The van der Waals surface area contributed by atoms with Gasteiger partial charge in [0.1, 0.15) is 5.82 Å². The SMILES string of the molecule is CC(=O)Nc1cc([N+](=O)[O-])cc(S(=O)(=O)Cl)n1. The molecule has 1 aromatic heterocycles. The fraction of sp³-hybridized carbons (Fsp3) is 0.143. The minimum atomic E-state index is -4.21. The Morgan fingerprint density at radius 2 is 2.12 bits per heavy atom. The topological polar surface area (TPSA) is 119 Å². The standard InChI is InChI=1S/C7H6ClN3O5S/c1-4(12)9-6-2-5(11(13)14)3-7(10-6)17(8,15)16/h2-3H,1H3,(H,9,10,12). The van der Waals surface area contributed by atoms with Crippen LogP contribution >= 0.6 is 10.7 Å². The lowest BCUT2D eigenvalue weighted by molar-refractivity contribution is -0.385. The van der Waals surface area contributed by atoms with Crippen LogP contribution in [0.15, 0.2) is 17.2 Å². The molecule has 8 nitrogen and oxygen atoms in total. The Morgan fingerprint density at radius 1 is 1.53 bits per heavy atom. The average Bonchev–Trinajstić information content (AvgIpc) is 2.14. The van der Waals surface area contributed by atoms with Crippen LogP contribution < -0.4 is 5.32 Å². The number of nitro groups is 1. The molecule has 10 heteroatoms. The molecule has 0 saturated carbocycles. The third-order valence-corrected chi connectivity index (χ3v) is 2.73. The molecule has 0 spiro atoms. The summed E-state index contributed by atoms with van der Waals surface area (Å²) in [6.07, 6.45) is 0. The van der Waals surface area contributed by atoms with Gasteiger partial charge in [0.05, 0.1) is 17.1 Å². The highest BCUT2D eigenvalue weighted by Gasteiger charge is 2.19. The molecule has 0 unspecified atom stereocenters. The van der Waals surface area contributed by atoms with Crippen LogP contribution in [0.3, 0.4) is 0 Å². The van der Waals surface area contributed by atoms with Crippen molar-refractivity contribution >= 4 is 37.1 Å². The van der Waals surface area contributed by atoms with E-state index in [2.05, 4.69) is 10.3 Å². The molecule has 0 aromatic carbocycles. The summed E-state index contributed by atoms with van der Waals surface area (Å²) < 4.78 is 22.0. The number of nitrogens with zero attached hydrogens (tertiary/aromatic N) is 2. The van der Waals surface area contributed by atoms with E-state index in [4.69, 9.17) is 10.7 Å². The molecule has 0 saturated heterocycles. The van der Waals surface area contributed by atoms with Crippen molar-refractivity contribution in [1.29, 1.82) is 0 Å². The number of anilines is 1. The van der Waals surface area contributed by atoms with Gasteiger partial charge in [-0.15, -0.1) is 0 Å². The van der Waals surface area contributed by atoms with Gasteiger partial charge in [-0.1, -0.05) is 0 Å². The lowest BCUT2D eigenvalue weighted by Crippen LogP contribution is -2.09. The van der Waals surface area contributed by atoms with Crippen molar-refractivity contribution in [3.05, 3.63) is 22.2 Å². The molecule has 17 heavy (non-hydrogen) atoms. The zero-order chi connectivity index (χ0) is 13.2. The molecule has 92 valence electrons. The van der Waals surface area contributed by atoms with Crippen molar-refractivity contribution in [1.82, 2.24) is 4.98 Å². The molecule has 0 bridgehead atoms. The molecule has 0 radical (unpaired) electrons. The zero-order valence-electron chi connectivity index (χ0n) is 8.38. The van der Waals surface area contributed by atoms with Crippen LogP contribution in [-0.4, -0.2) is 24.2 Å². The average molecular weight is 280 g/mol. The van der Waals surface area contributed by atoms with Crippen LogP contribution in [0.2, 0.25) is 0 Å². The molecule has 1 amide bonds. The number of amides is 1. The second kappa shape index (κ2) is 4.63. The van der Waals surface area contributed by atoms with E-state index in [1.54, 1.807) is 0 Å². The minimum Gasteiger partial charge on any atom is -0.311 e. The second-order valence-corrected chi connectivity index (χ2v) is 5.44. The number of hydrogen-bond acceptors (Lipinski definition) is 6. The molecule has 0 aliphatic heterocycles. The second-order valence-electron chi connectivity index (χ2n) is 2.92. The van der Waals surface area contributed by atoms with E-state index < -0.39 is 30.6 Å². The molecule has 1 rings (SSSR count). The molecule has 0 fully saturated rings. The number of carbonyl (C=O) groups excluding carboxylic acids is 1. The van der Waals surface area contributed by atoms with E-state index in [1.165, 1.54) is 0 Å². The highest BCUT2D eigenvalue weighted by atomic mass is 35.7. The van der Waals surface area contributed by atoms with E-state index in [0.29, 0.717) is 6.07 Å². The Hall–Kier alpha value is -1.74. The third-order valence-electron chi connectivity index (χ3n) is 1.55. The van der Waals surface area contributed by atoms with Gasteiger partial charge in [0.15, 0.2) is 5.03 Å². The first kappa shape index (κ1) is 13.3. The molecular formula is C7H6ClN3O5S. The molecule has 1 heterocycles. The van der Waals surface area contributed by atoms with Gasteiger partial charge in [-0.3, -0.25) is 14.9 Å². The number of aromatic nitrogens is 1. The van der Waals surface area contributed by atoms with Crippen LogP contribution in [0.1, 0.15) is 6.92 Å². The van der Waals surface area contributed by atoms with Gasteiger partial charge < -0.3 is 5.32 Å². The maximum absolute atomic E-state index is 11.0. The molecule has 1 aromatic rings. The maximum atomic E-state index is 11.0. The van der Waals surface area contributed by atoms with Gasteiger partial charge in [0.2, 0.25) is 5.91 Å². The van der Waals surface area contributed by atoms with Crippen molar-refractivity contribution in [2.24, 2.45) is 0 Å². The number of carbonyl (C=O) groups is 1. The van der Waals surface area contributed by atoms with Crippen molar-refractivity contribution in [3.8, 4) is 0 Å². The van der Waals surface area contributed by atoms with Crippen LogP contribution in [0.25, 0.3) is 0 Å². The molecule has 1 N–H and O–H groups in total. The summed E-state index contributed by atoms with van der Waals surface area (Å²) in [6, 6.07) is 1.63. The molecule has 0 aliphatic rings. The largest absolute Gasteiger partial charge is 0.311 e. The first-order chi connectivity index (χ1) is 7.70. The Labute approximate surface area is 100 Å². The summed E-state index contributed by atoms with van der Waals surface area (Å²) in [5.41, 5.74) is -0.539. The fourth-order valence-corrected chi connectivity index (χ4v) is 1.67. The lowest BCUT2D eigenvalue weighted by atomic mass is 10.4. The van der Waals surface area contributed by atoms with Crippen LogP contribution in [0, 0.1) is 10.1 Å². The van der Waals surface area contributed by atoms with E-state index >= 15 is 0 Å². The minimum absolute atomic E-state index is 0.258. The maximum Gasteiger partial charge on any atom is 0.278 e. The molecule has 0 aliphatic carbocycles. The third kappa shape index (κ3) is 3.64. The summed E-state index contributed by atoms with van der Waals surface area (Å²) in [5.74, 6) is -0.804. The highest BCUT2D eigenvalue weighted by molar-refractivity contribution is 8.13. The van der Waals surface area contributed by atoms with Crippen molar-refractivity contribution < 1.29 is 18.1 Å². The zero-order valence-corrected chi connectivity index (χ0v) is 9.95. The summed E-state index contributed by atoms with van der Waals surface area (Å²) >= 11 is 0. The normalized spacial score (nSPS) is 10.9. The number of halogens is 1. The number of pyridine rings is 1. The summed E-state index contributed by atoms with van der Waals surface area (Å²) in [4.78, 5) is 23.9. The predicted octanol–water partition coefficient (Wildman–Crippen LogP) is 0.876. The van der Waals surface area contributed by atoms with Gasteiger partial charge in [0, 0.05) is 17.6 Å². The Bertz CT molecular complexity index is 585. The van der Waals surface area contributed by atoms with Gasteiger partial charge >= 0.3 is 0 Å². The lowest BCUT2D eigenvalue weighted by Gasteiger charge is -2.02. The van der Waals surface area contributed by atoms with E-state index in [1.807, 2.05) is 0 Å². The van der Waals surface area contributed by atoms with E-state index in [0.717, 1.165) is 13.0 Å². The quantitative estimate of drug-likeness (QED) is 0.498. The summed E-state index contributed by atoms with van der Waals surface area (Å²) in [7, 11) is 0.806. The smallest absolute Gasteiger partial charge is 0.278 e. The monoisotopic (exact) mass is 279 g/mol. The van der Waals surface area contributed by atoms with Gasteiger partial charge in [-0.2, -0.15) is 0 Å². The van der Waals surface area contributed by atoms with Crippen LogP contribution in [0.5, 0.6) is 0 Å². The Kier molecular flexibility index (Phi) is 3.63. The van der Waals surface area contributed by atoms with Crippen molar-refractivity contribution in [2.45, 2.75) is 11.9 Å². The van der Waals surface area contributed by atoms with Crippen molar-refractivity contribution in [2.75, 3.05) is 5.32 Å². The van der Waals surface area contributed by atoms with Gasteiger partial charge in [-0.25, -0.2) is 13.4 Å². The fourth-order valence-electron chi connectivity index (χ4n) is 0.966. The van der Waals surface area contributed by atoms with E-state index in [-0.39, 0.29) is 5.82 Å². The van der Waals surface area contributed by atoms with Gasteiger partial charge in [-0.05, 0) is 0 Å². The van der Waals surface area contributed by atoms with Crippen LogP contribution in [-0.2, 0) is 13.8 Å². The molecular weight excluding hydrogens is 274 g/mol. The number of nitrogens with one attached hydrogen (secondary N) is 1.